The molecule has 0 aromatic carbocycles. The second-order valence-electron chi connectivity index (χ2n) is 6.66. The molecule has 0 bridgehead atoms. The highest BCUT2D eigenvalue weighted by molar-refractivity contribution is 14.0. The predicted molar refractivity (Wildman–Crippen MR) is 120 cm³/mol. The van der Waals surface area contributed by atoms with Crippen LogP contribution in [0.2, 0.25) is 0 Å². The van der Waals surface area contributed by atoms with Gasteiger partial charge >= 0.3 is 0 Å². The van der Waals surface area contributed by atoms with Gasteiger partial charge in [-0.15, -0.1) is 24.0 Å². The number of hydrogen-bond donors (Lipinski definition) is 2. The van der Waals surface area contributed by atoms with Crippen LogP contribution in [0.15, 0.2) is 23.3 Å². The molecule has 1 aromatic heterocycles. The second-order valence-corrected chi connectivity index (χ2v) is 6.66. The number of aromatic nitrogens is 1. The second kappa shape index (κ2) is 13.1. The summed E-state index contributed by atoms with van der Waals surface area (Å²) in [5.41, 5.74) is 1.13. The minimum atomic E-state index is 0. The van der Waals surface area contributed by atoms with Gasteiger partial charge in [-0.05, 0) is 43.7 Å². The standard InChI is InChI=1S/C19H33N5O.HI/c1-4-20-19(21-10-5-13-25-3)23-15-17-6-7-18(22-14-17)24-11-8-16(2)9-12-24;/h6-7,14,16H,4-5,8-13,15H2,1-3H3,(H2,20,21,23);1H. The van der Waals surface area contributed by atoms with E-state index in [2.05, 4.69) is 51.5 Å². The van der Waals surface area contributed by atoms with E-state index in [9.17, 15) is 0 Å². The van der Waals surface area contributed by atoms with Crippen LogP contribution in [0.4, 0.5) is 5.82 Å². The van der Waals surface area contributed by atoms with Crippen molar-refractivity contribution in [3.63, 3.8) is 0 Å². The summed E-state index contributed by atoms with van der Waals surface area (Å²) >= 11 is 0. The maximum absolute atomic E-state index is 5.07. The van der Waals surface area contributed by atoms with E-state index >= 15 is 0 Å². The number of nitrogens with zero attached hydrogens (tertiary/aromatic N) is 3. The Morgan fingerprint density at radius 2 is 2.08 bits per heavy atom. The third kappa shape index (κ3) is 8.07. The molecule has 0 radical (unpaired) electrons. The highest BCUT2D eigenvalue weighted by Crippen LogP contribution is 2.21. The molecular weight excluding hydrogens is 441 g/mol. The van der Waals surface area contributed by atoms with E-state index in [0.717, 1.165) is 62.5 Å². The molecule has 1 aliphatic rings. The molecular formula is C19H34IN5O. The highest BCUT2D eigenvalue weighted by Gasteiger charge is 2.16. The summed E-state index contributed by atoms with van der Waals surface area (Å²) in [6.07, 6.45) is 5.43. The Hall–Kier alpha value is -1.09. The molecule has 2 N–H and O–H groups in total. The minimum absolute atomic E-state index is 0. The molecule has 0 unspecified atom stereocenters. The number of anilines is 1. The molecule has 7 heteroatoms. The smallest absolute Gasteiger partial charge is 0.191 e. The number of halogens is 1. The van der Waals surface area contributed by atoms with E-state index in [-0.39, 0.29) is 24.0 Å². The van der Waals surface area contributed by atoms with E-state index < -0.39 is 0 Å². The molecule has 0 saturated carbocycles. The van der Waals surface area contributed by atoms with Crippen LogP contribution in [0.5, 0.6) is 0 Å². The summed E-state index contributed by atoms with van der Waals surface area (Å²) in [5, 5.41) is 6.59. The van der Waals surface area contributed by atoms with Crippen LogP contribution in [0, 0.1) is 5.92 Å². The van der Waals surface area contributed by atoms with Crippen LogP contribution in [0.3, 0.4) is 0 Å². The monoisotopic (exact) mass is 475 g/mol. The third-order valence-electron chi connectivity index (χ3n) is 4.50. The summed E-state index contributed by atoms with van der Waals surface area (Å²) in [6.45, 7) is 9.71. The van der Waals surface area contributed by atoms with Crippen molar-refractivity contribution >= 4 is 35.8 Å². The third-order valence-corrected chi connectivity index (χ3v) is 4.50. The van der Waals surface area contributed by atoms with Crippen molar-refractivity contribution < 1.29 is 4.74 Å². The maximum atomic E-state index is 5.07. The van der Waals surface area contributed by atoms with Gasteiger partial charge in [-0.25, -0.2) is 9.98 Å². The number of ether oxygens (including phenoxy) is 1. The number of hydrogen-bond acceptors (Lipinski definition) is 4. The van der Waals surface area contributed by atoms with E-state index in [1.54, 1.807) is 7.11 Å². The van der Waals surface area contributed by atoms with Crippen molar-refractivity contribution in [2.45, 2.75) is 39.7 Å². The lowest BCUT2D eigenvalue weighted by molar-refractivity contribution is 0.195. The Morgan fingerprint density at radius 1 is 1.31 bits per heavy atom. The van der Waals surface area contributed by atoms with Gasteiger partial charge in [-0.2, -0.15) is 0 Å². The molecule has 2 heterocycles. The topological polar surface area (TPSA) is 61.8 Å². The molecule has 0 atom stereocenters. The number of aliphatic imine (C=N–C) groups is 1. The van der Waals surface area contributed by atoms with Crippen molar-refractivity contribution in [3.8, 4) is 0 Å². The van der Waals surface area contributed by atoms with Gasteiger partial charge in [0, 0.05) is 46.1 Å². The normalized spacial score (nSPS) is 15.5. The van der Waals surface area contributed by atoms with Gasteiger partial charge in [-0.1, -0.05) is 13.0 Å². The van der Waals surface area contributed by atoms with Crippen molar-refractivity contribution in [1.82, 2.24) is 15.6 Å². The number of guanidine groups is 1. The van der Waals surface area contributed by atoms with Crippen LogP contribution in [-0.2, 0) is 11.3 Å². The van der Waals surface area contributed by atoms with Gasteiger partial charge in [0.15, 0.2) is 5.96 Å². The van der Waals surface area contributed by atoms with Crippen LogP contribution in [0.1, 0.15) is 38.7 Å². The quantitative estimate of drug-likeness (QED) is 0.262. The Bertz CT molecular complexity index is 515. The minimum Gasteiger partial charge on any atom is -0.385 e. The molecule has 0 amide bonds. The molecule has 0 aliphatic carbocycles. The van der Waals surface area contributed by atoms with Gasteiger partial charge in [0.1, 0.15) is 5.82 Å². The zero-order valence-electron chi connectivity index (χ0n) is 16.3. The van der Waals surface area contributed by atoms with Gasteiger partial charge in [0.2, 0.25) is 0 Å². The zero-order valence-corrected chi connectivity index (χ0v) is 18.7. The number of methoxy groups -OCH3 is 1. The first-order valence-corrected chi connectivity index (χ1v) is 9.44. The van der Waals surface area contributed by atoms with Crippen LogP contribution in [-0.4, -0.2) is 50.8 Å². The summed E-state index contributed by atoms with van der Waals surface area (Å²) in [7, 11) is 1.72. The Balaban J connectivity index is 0.00000338. The summed E-state index contributed by atoms with van der Waals surface area (Å²) in [5.74, 6) is 2.77. The largest absolute Gasteiger partial charge is 0.385 e. The molecule has 6 nitrogen and oxygen atoms in total. The highest BCUT2D eigenvalue weighted by atomic mass is 127. The zero-order chi connectivity index (χ0) is 17.9. The van der Waals surface area contributed by atoms with E-state index in [1.165, 1.54) is 12.8 Å². The summed E-state index contributed by atoms with van der Waals surface area (Å²) in [4.78, 5) is 11.7. The number of piperidine rings is 1. The molecule has 26 heavy (non-hydrogen) atoms. The van der Waals surface area contributed by atoms with Crippen molar-refractivity contribution in [1.29, 1.82) is 0 Å². The first-order valence-electron chi connectivity index (χ1n) is 9.44. The molecule has 0 spiro atoms. The van der Waals surface area contributed by atoms with Crippen molar-refractivity contribution in [3.05, 3.63) is 23.9 Å². The Morgan fingerprint density at radius 3 is 2.69 bits per heavy atom. The van der Waals surface area contributed by atoms with Gasteiger partial charge < -0.3 is 20.3 Å². The van der Waals surface area contributed by atoms with Gasteiger partial charge in [0.05, 0.1) is 6.54 Å². The average molecular weight is 475 g/mol. The van der Waals surface area contributed by atoms with Crippen LogP contribution in [0.25, 0.3) is 0 Å². The first kappa shape index (κ1) is 23.0. The summed E-state index contributed by atoms with van der Waals surface area (Å²) < 4.78 is 5.07. The Labute approximate surface area is 175 Å². The fraction of sp³-hybridized carbons (Fsp3) is 0.684. The molecule has 148 valence electrons. The lowest BCUT2D eigenvalue weighted by Crippen LogP contribution is -2.38. The van der Waals surface area contributed by atoms with Gasteiger partial charge in [-0.3, -0.25) is 0 Å². The van der Waals surface area contributed by atoms with Crippen molar-refractivity contribution in [2.24, 2.45) is 10.9 Å². The van der Waals surface area contributed by atoms with Crippen LogP contribution < -0.4 is 15.5 Å². The first-order chi connectivity index (χ1) is 12.2. The molecule has 1 fully saturated rings. The average Bonchev–Trinajstić information content (AvgIpc) is 2.64. The van der Waals surface area contributed by atoms with E-state index in [4.69, 9.17) is 4.74 Å². The molecule has 2 rings (SSSR count). The summed E-state index contributed by atoms with van der Waals surface area (Å²) in [6, 6.07) is 4.26. The van der Waals surface area contributed by atoms with Crippen molar-refractivity contribution in [2.75, 3.05) is 44.8 Å². The molecule has 1 aliphatic heterocycles. The number of nitrogens with one attached hydrogen (secondary N) is 2. The van der Waals surface area contributed by atoms with Crippen LogP contribution >= 0.6 is 24.0 Å². The number of rotatable bonds is 8. The predicted octanol–water partition coefficient (Wildman–Crippen LogP) is 3.03. The fourth-order valence-corrected chi connectivity index (χ4v) is 2.87. The lowest BCUT2D eigenvalue weighted by Gasteiger charge is -2.31. The van der Waals surface area contributed by atoms with E-state index in [0.29, 0.717) is 6.54 Å². The SMILES string of the molecule is CCNC(=NCc1ccc(N2CCC(C)CC2)nc1)NCCCOC.I. The van der Waals surface area contributed by atoms with E-state index in [1.807, 2.05) is 6.20 Å². The lowest BCUT2D eigenvalue weighted by atomic mass is 9.99. The Kier molecular flexibility index (Phi) is 11.6. The molecule has 1 aromatic rings. The fourth-order valence-electron chi connectivity index (χ4n) is 2.87. The molecule has 1 saturated heterocycles. The van der Waals surface area contributed by atoms with Gasteiger partial charge in [0.25, 0.3) is 0 Å². The maximum Gasteiger partial charge on any atom is 0.191 e. The number of pyridine rings is 1.